The quantitative estimate of drug-likeness (QED) is 0.591. The maximum absolute atomic E-state index is 12.7. The van der Waals surface area contributed by atoms with Crippen LogP contribution >= 0.6 is 23.2 Å². The normalized spacial score (nSPS) is 14.2. The summed E-state index contributed by atoms with van der Waals surface area (Å²) in [4.78, 5) is 39.5. The summed E-state index contributed by atoms with van der Waals surface area (Å²) in [5.74, 6) is -0.465. The summed E-state index contributed by atoms with van der Waals surface area (Å²) in [5.41, 5.74) is 6.01. The molecule has 4 rings (SSSR count). The number of rotatable bonds is 3. The van der Waals surface area contributed by atoms with Gasteiger partial charge in [0.2, 0.25) is 5.95 Å². The number of aryl methyl sites for hydroxylation is 2. The molecule has 11 heteroatoms. The molecule has 0 aliphatic heterocycles. The molecule has 0 bridgehead atoms. The zero-order valence-corrected chi connectivity index (χ0v) is 19.4. The molecule has 1 aliphatic carbocycles. The van der Waals surface area contributed by atoms with Crippen molar-refractivity contribution in [3.8, 4) is 0 Å². The van der Waals surface area contributed by atoms with Crippen molar-refractivity contribution in [2.24, 2.45) is 20.0 Å². The molecular weight excluding hydrogens is 457 g/mol. The number of nitrogens with two attached hydrogens (primary N) is 1. The van der Waals surface area contributed by atoms with E-state index in [1.807, 2.05) is 0 Å². The Kier molecular flexibility index (Phi) is 7.30. The lowest BCUT2D eigenvalue weighted by atomic mass is 9.90. The van der Waals surface area contributed by atoms with Gasteiger partial charge in [0.05, 0.1) is 22.5 Å². The molecule has 3 N–H and O–H groups in total. The minimum Gasteiger partial charge on any atom is -0.481 e. The molecule has 0 atom stereocenters. The summed E-state index contributed by atoms with van der Waals surface area (Å²) in [6, 6.07) is 4.95. The van der Waals surface area contributed by atoms with E-state index in [2.05, 4.69) is 4.98 Å². The predicted octanol–water partition coefficient (Wildman–Crippen LogP) is 3.02. The number of carboxylic acid groups (broad SMARTS) is 1. The Morgan fingerprint density at radius 3 is 2.34 bits per heavy atom. The van der Waals surface area contributed by atoms with Crippen LogP contribution in [0.15, 0.2) is 27.8 Å². The summed E-state index contributed by atoms with van der Waals surface area (Å²) in [6.45, 7) is 0.0728. The summed E-state index contributed by atoms with van der Waals surface area (Å²) in [5, 5.41) is 9.31. The molecule has 1 aliphatic rings. The first-order valence-electron chi connectivity index (χ1n) is 10.2. The molecule has 0 amide bonds. The average molecular weight is 482 g/mol. The van der Waals surface area contributed by atoms with Gasteiger partial charge in [-0.1, -0.05) is 48.5 Å². The Balaban J connectivity index is 0.000000269. The lowest BCUT2D eigenvalue weighted by Gasteiger charge is -2.16. The Hall–Kier alpha value is -2.78. The number of hydrogen-bond acceptors (Lipinski definition) is 5. The smallest absolute Gasteiger partial charge is 0.332 e. The van der Waals surface area contributed by atoms with Crippen LogP contribution in [-0.4, -0.2) is 29.8 Å². The summed E-state index contributed by atoms with van der Waals surface area (Å²) < 4.78 is 3.87. The van der Waals surface area contributed by atoms with E-state index in [0.29, 0.717) is 15.6 Å². The van der Waals surface area contributed by atoms with Crippen LogP contribution in [0, 0.1) is 5.92 Å². The number of carbonyl (C=O) groups is 1. The summed E-state index contributed by atoms with van der Waals surface area (Å²) >= 11 is 11.9. The van der Waals surface area contributed by atoms with Crippen molar-refractivity contribution >= 4 is 46.3 Å². The van der Waals surface area contributed by atoms with Crippen LogP contribution in [0.1, 0.15) is 37.7 Å². The second-order valence-corrected chi connectivity index (χ2v) is 8.67. The third kappa shape index (κ3) is 4.83. The lowest BCUT2D eigenvalue weighted by molar-refractivity contribution is -0.142. The lowest BCUT2D eigenvalue weighted by Crippen LogP contribution is -2.39. The maximum atomic E-state index is 12.7. The topological polar surface area (TPSA) is 125 Å². The fourth-order valence-electron chi connectivity index (χ4n) is 3.77. The van der Waals surface area contributed by atoms with Gasteiger partial charge in [-0.15, -0.1) is 0 Å². The Morgan fingerprint density at radius 1 is 1.12 bits per heavy atom. The molecule has 0 saturated heterocycles. The number of anilines is 1. The highest BCUT2D eigenvalue weighted by Crippen LogP contribution is 2.23. The molecular formula is C21H25Cl2N5O4. The standard InChI is InChI=1S/C14H13Cl2N5O2.C7H12O2/c1-19-10-11(18-13(19)17)20(2)14(23)21(12(10)22)6-7-3-4-8(15)9(16)5-7;8-7(9)6-4-2-1-3-5-6/h3-5H,6H2,1-2H3,(H2,17,18);6H,1-5H2,(H,8,9). The first-order chi connectivity index (χ1) is 15.1. The Labute approximate surface area is 194 Å². The van der Waals surface area contributed by atoms with E-state index in [1.54, 1.807) is 32.3 Å². The monoisotopic (exact) mass is 481 g/mol. The summed E-state index contributed by atoms with van der Waals surface area (Å²) in [6.07, 6.45) is 5.24. The highest BCUT2D eigenvalue weighted by molar-refractivity contribution is 6.42. The average Bonchev–Trinajstić information content (AvgIpc) is 3.08. The highest BCUT2D eigenvalue weighted by Gasteiger charge is 2.19. The van der Waals surface area contributed by atoms with Crippen molar-refractivity contribution in [2.45, 2.75) is 38.6 Å². The first-order valence-corrected chi connectivity index (χ1v) is 11.0. The zero-order valence-electron chi connectivity index (χ0n) is 17.8. The van der Waals surface area contributed by atoms with Gasteiger partial charge in [0.25, 0.3) is 5.56 Å². The number of imidazole rings is 1. The van der Waals surface area contributed by atoms with Gasteiger partial charge in [0.15, 0.2) is 11.2 Å². The number of carboxylic acids is 1. The second-order valence-electron chi connectivity index (χ2n) is 7.86. The number of aliphatic carboxylic acids is 1. The number of halogens is 2. The fourth-order valence-corrected chi connectivity index (χ4v) is 4.09. The molecule has 1 aromatic carbocycles. The largest absolute Gasteiger partial charge is 0.481 e. The number of nitrogens with zero attached hydrogens (tertiary/aromatic N) is 4. The van der Waals surface area contributed by atoms with Crippen LogP contribution in [0.25, 0.3) is 11.2 Å². The zero-order chi connectivity index (χ0) is 23.6. The number of fused-ring (bicyclic) bond motifs is 1. The van der Waals surface area contributed by atoms with Crippen molar-refractivity contribution in [2.75, 3.05) is 5.73 Å². The second kappa shape index (κ2) is 9.79. The van der Waals surface area contributed by atoms with Crippen LogP contribution in [0.3, 0.4) is 0 Å². The van der Waals surface area contributed by atoms with Crippen molar-refractivity contribution in [1.82, 2.24) is 18.7 Å². The van der Waals surface area contributed by atoms with Crippen LogP contribution < -0.4 is 17.0 Å². The minimum absolute atomic E-state index is 0.0289. The Morgan fingerprint density at radius 2 is 1.78 bits per heavy atom. The van der Waals surface area contributed by atoms with E-state index in [1.165, 1.54) is 15.6 Å². The third-order valence-electron chi connectivity index (χ3n) is 5.67. The van der Waals surface area contributed by atoms with Gasteiger partial charge in [-0.05, 0) is 30.5 Å². The van der Waals surface area contributed by atoms with Crippen LogP contribution in [0.4, 0.5) is 5.95 Å². The van der Waals surface area contributed by atoms with Crippen molar-refractivity contribution < 1.29 is 9.90 Å². The molecule has 0 unspecified atom stereocenters. The van der Waals surface area contributed by atoms with Gasteiger partial charge in [0.1, 0.15) is 0 Å². The number of benzene rings is 1. The molecule has 172 valence electrons. The Bertz CT molecular complexity index is 1270. The highest BCUT2D eigenvalue weighted by atomic mass is 35.5. The van der Waals surface area contributed by atoms with Crippen molar-refractivity contribution in [3.05, 3.63) is 54.6 Å². The van der Waals surface area contributed by atoms with E-state index in [4.69, 9.17) is 34.0 Å². The minimum atomic E-state index is -0.602. The van der Waals surface area contributed by atoms with Gasteiger partial charge in [-0.2, -0.15) is 4.98 Å². The SMILES string of the molecule is Cn1c(N)nc2c1c(=O)n(Cc1ccc(Cl)c(Cl)c1)c(=O)n2C.O=C(O)C1CCCCC1. The fraction of sp³-hybridized carbons (Fsp3) is 0.429. The molecule has 3 aromatic rings. The molecule has 0 spiro atoms. The van der Waals surface area contributed by atoms with Crippen LogP contribution in [-0.2, 0) is 25.4 Å². The van der Waals surface area contributed by atoms with Gasteiger partial charge < -0.3 is 15.4 Å². The molecule has 9 nitrogen and oxygen atoms in total. The van der Waals surface area contributed by atoms with E-state index < -0.39 is 17.2 Å². The number of nitrogen functional groups attached to an aromatic ring is 1. The maximum Gasteiger partial charge on any atom is 0.332 e. The molecule has 2 heterocycles. The first kappa shape index (κ1) is 23.9. The van der Waals surface area contributed by atoms with E-state index in [9.17, 15) is 14.4 Å². The number of hydrogen-bond donors (Lipinski definition) is 2. The molecule has 0 radical (unpaired) electrons. The van der Waals surface area contributed by atoms with E-state index >= 15 is 0 Å². The van der Waals surface area contributed by atoms with Crippen LogP contribution in [0.2, 0.25) is 10.0 Å². The van der Waals surface area contributed by atoms with Crippen molar-refractivity contribution in [1.29, 1.82) is 0 Å². The van der Waals surface area contributed by atoms with Crippen molar-refractivity contribution in [3.63, 3.8) is 0 Å². The molecule has 1 fully saturated rings. The van der Waals surface area contributed by atoms with E-state index in [-0.39, 0.29) is 29.6 Å². The summed E-state index contributed by atoms with van der Waals surface area (Å²) in [7, 11) is 3.17. The van der Waals surface area contributed by atoms with Gasteiger partial charge in [-0.25, -0.2) is 4.79 Å². The van der Waals surface area contributed by atoms with Crippen LogP contribution in [0.5, 0.6) is 0 Å². The molecule has 32 heavy (non-hydrogen) atoms. The molecule has 1 saturated carbocycles. The number of aromatic nitrogens is 4. The van der Waals surface area contributed by atoms with Gasteiger partial charge >= 0.3 is 11.7 Å². The van der Waals surface area contributed by atoms with Gasteiger partial charge in [0, 0.05) is 14.1 Å². The predicted molar refractivity (Wildman–Crippen MR) is 124 cm³/mol. The van der Waals surface area contributed by atoms with E-state index in [0.717, 1.165) is 30.3 Å². The third-order valence-corrected chi connectivity index (χ3v) is 6.41. The molecule has 2 aromatic heterocycles. The van der Waals surface area contributed by atoms with Gasteiger partial charge in [-0.3, -0.25) is 18.7 Å².